The van der Waals surface area contributed by atoms with E-state index in [1.165, 1.54) is 12.0 Å². The van der Waals surface area contributed by atoms with Crippen molar-refractivity contribution in [1.29, 1.82) is 0 Å². The zero-order valence-electron chi connectivity index (χ0n) is 17.4. The predicted molar refractivity (Wildman–Crippen MR) is 112 cm³/mol. The largest absolute Gasteiger partial charge is 0.460 e. The van der Waals surface area contributed by atoms with Gasteiger partial charge in [-0.3, -0.25) is 0 Å². The molecule has 0 bridgehead atoms. The second kappa shape index (κ2) is 8.91. The Morgan fingerprint density at radius 3 is 2.21 bits per heavy atom. The Kier molecular flexibility index (Phi) is 6.56. The molecule has 28 heavy (non-hydrogen) atoms. The highest BCUT2D eigenvalue weighted by atomic mass is 16.6. The molecule has 0 N–H and O–H groups in total. The maximum absolute atomic E-state index is 13.0. The summed E-state index contributed by atoms with van der Waals surface area (Å²) in [6.07, 6.45) is 2.34. The molecule has 1 saturated carbocycles. The molecule has 3 nitrogen and oxygen atoms in total. The highest BCUT2D eigenvalue weighted by Gasteiger charge is 2.42. The van der Waals surface area contributed by atoms with Crippen LogP contribution < -0.4 is 0 Å². The van der Waals surface area contributed by atoms with E-state index in [1.807, 2.05) is 36.4 Å². The Morgan fingerprint density at radius 1 is 1.00 bits per heavy atom. The standard InChI is InChI=1S/C25H32O3/c1-18-15-16-21(25(2,3)20-13-9-6-10-14-20)22(17-18)28-24(26)23(27-4)19-11-7-5-8-12-19/h5-14,18,21-23H,15-17H2,1-4H3/t18-,21-,22-,23-/m1/s1. The van der Waals surface area contributed by atoms with E-state index in [2.05, 4.69) is 45.0 Å². The number of hydrogen-bond donors (Lipinski definition) is 0. The molecule has 1 fully saturated rings. The van der Waals surface area contributed by atoms with Crippen molar-refractivity contribution in [3.63, 3.8) is 0 Å². The summed E-state index contributed by atoms with van der Waals surface area (Å²) in [5, 5.41) is 0. The van der Waals surface area contributed by atoms with Crippen molar-refractivity contribution in [3.8, 4) is 0 Å². The number of methoxy groups -OCH3 is 1. The smallest absolute Gasteiger partial charge is 0.340 e. The Bertz CT molecular complexity index is 754. The molecule has 0 saturated heterocycles. The first kappa shape index (κ1) is 20.6. The number of esters is 1. The lowest BCUT2D eigenvalue weighted by atomic mass is 9.64. The van der Waals surface area contributed by atoms with Gasteiger partial charge in [0.05, 0.1) is 0 Å². The van der Waals surface area contributed by atoms with Gasteiger partial charge in [0, 0.05) is 13.0 Å². The second-order valence-corrected chi connectivity index (χ2v) is 8.61. The lowest BCUT2D eigenvalue weighted by molar-refractivity contribution is -0.168. The van der Waals surface area contributed by atoms with E-state index in [0.29, 0.717) is 5.92 Å². The third-order valence-corrected chi connectivity index (χ3v) is 6.32. The quantitative estimate of drug-likeness (QED) is 0.603. The summed E-state index contributed by atoms with van der Waals surface area (Å²) < 4.78 is 11.6. The van der Waals surface area contributed by atoms with Crippen LogP contribution in [0.15, 0.2) is 60.7 Å². The number of carbonyl (C=O) groups excluding carboxylic acids is 1. The van der Waals surface area contributed by atoms with Gasteiger partial charge in [-0.25, -0.2) is 4.79 Å². The van der Waals surface area contributed by atoms with Crippen LogP contribution >= 0.6 is 0 Å². The maximum atomic E-state index is 13.0. The third-order valence-electron chi connectivity index (χ3n) is 6.32. The van der Waals surface area contributed by atoms with E-state index in [0.717, 1.165) is 18.4 Å². The fraction of sp³-hybridized carbons (Fsp3) is 0.480. The molecular weight excluding hydrogens is 348 g/mol. The van der Waals surface area contributed by atoms with Gasteiger partial charge in [0.15, 0.2) is 6.10 Å². The molecule has 0 aromatic heterocycles. The minimum atomic E-state index is -0.682. The average Bonchev–Trinajstić information content (AvgIpc) is 2.70. The Hall–Kier alpha value is -2.13. The molecular formula is C25H32O3. The van der Waals surface area contributed by atoms with Gasteiger partial charge in [0.2, 0.25) is 0 Å². The van der Waals surface area contributed by atoms with Gasteiger partial charge in [0.25, 0.3) is 0 Å². The maximum Gasteiger partial charge on any atom is 0.340 e. The van der Waals surface area contributed by atoms with Crippen LogP contribution in [0.5, 0.6) is 0 Å². The molecule has 1 aliphatic carbocycles. The van der Waals surface area contributed by atoms with Crippen molar-refractivity contribution in [2.75, 3.05) is 7.11 Å². The lowest BCUT2D eigenvalue weighted by Gasteiger charge is -2.44. The van der Waals surface area contributed by atoms with Crippen LogP contribution in [0, 0.1) is 11.8 Å². The van der Waals surface area contributed by atoms with E-state index < -0.39 is 6.10 Å². The van der Waals surface area contributed by atoms with E-state index >= 15 is 0 Å². The number of rotatable bonds is 6. The zero-order chi connectivity index (χ0) is 20.1. The molecule has 1 aliphatic rings. The van der Waals surface area contributed by atoms with Crippen LogP contribution in [0.4, 0.5) is 0 Å². The average molecular weight is 381 g/mol. The third kappa shape index (κ3) is 4.47. The number of ether oxygens (including phenoxy) is 2. The monoisotopic (exact) mass is 380 g/mol. The molecule has 2 aromatic rings. The van der Waals surface area contributed by atoms with Crippen LogP contribution in [0.1, 0.15) is 57.3 Å². The first-order valence-corrected chi connectivity index (χ1v) is 10.3. The predicted octanol–water partition coefficient (Wildman–Crippen LogP) is 5.70. The molecule has 0 unspecified atom stereocenters. The summed E-state index contributed by atoms with van der Waals surface area (Å²) in [6.45, 7) is 6.79. The van der Waals surface area contributed by atoms with Crippen LogP contribution in [-0.4, -0.2) is 19.2 Å². The Morgan fingerprint density at radius 2 is 1.61 bits per heavy atom. The van der Waals surface area contributed by atoms with Crippen LogP contribution in [0.25, 0.3) is 0 Å². The SMILES string of the molecule is CO[C@@H](C(=O)O[C@@H]1C[C@H](C)CC[C@H]1C(C)(C)c1ccccc1)c1ccccc1. The molecule has 0 radical (unpaired) electrons. The first-order valence-electron chi connectivity index (χ1n) is 10.3. The van der Waals surface area contributed by atoms with E-state index in [9.17, 15) is 4.79 Å². The molecule has 150 valence electrons. The fourth-order valence-corrected chi connectivity index (χ4v) is 4.57. The van der Waals surface area contributed by atoms with Gasteiger partial charge in [-0.1, -0.05) is 87.9 Å². The topological polar surface area (TPSA) is 35.5 Å². The van der Waals surface area contributed by atoms with Crippen molar-refractivity contribution in [1.82, 2.24) is 0 Å². The highest BCUT2D eigenvalue weighted by Crippen LogP contribution is 2.44. The Labute approximate surface area is 169 Å². The molecule has 3 heteroatoms. The summed E-state index contributed by atoms with van der Waals surface area (Å²) in [6, 6.07) is 20.1. The molecule has 3 rings (SSSR count). The summed E-state index contributed by atoms with van der Waals surface area (Å²) in [4.78, 5) is 13.0. The molecule has 2 aromatic carbocycles. The Balaban J connectivity index is 1.82. The number of hydrogen-bond acceptors (Lipinski definition) is 3. The molecule has 0 amide bonds. The van der Waals surface area contributed by atoms with Crippen LogP contribution in [0.2, 0.25) is 0 Å². The van der Waals surface area contributed by atoms with Crippen molar-refractivity contribution in [2.45, 2.75) is 57.7 Å². The van der Waals surface area contributed by atoms with Gasteiger partial charge < -0.3 is 9.47 Å². The van der Waals surface area contributed by atoms with Gasteiger partial charge in [-0.05, 0) is 35.3 Å². The van der Waals surface area contributed by atoms with Gasteiger partial charge in [0.1, 0.15) is 6.10 Å². The lowest BCUT2D eigenvalue weighted by Crippen LogP contribution is -2.44. The van der Waals surface area contributed by atoms with E-state index in [1.54, 1.807) is 7.11 Å². The minimum Gasteiger partial charge on any atom is -0.460 e. The summed E-state index contributed by atoms with van der Waals surface area (Å²) >= 11 is 0. The summed E-state index contributed by atoms with van der Waals surface area (Å²) in [5.74, 6) is 0.545. The van der Waals surface area contributed by atoms with Gasteiger partial charge in [-0.2, -0.15) is 0 Å². The van der Waals surface area contributed by atoms with Crippen LogP contribution in [0.3, 0.4) is 0 Å². The molecule has 4 atom stereocenters. The van der Waals surface area contributed by atoms with E-state index in [4.69, 9.17) is 9.47 Å². The van der Waals surface area contributed by atoms with Crippen LogP contribution in [-0.2, 0) is 19.7 Å². The minimum absolute atomic E-state index is 0.0678. The van der Waals surface area contributed by atoms with Crippen molar-refractivity contribution in [3.05, 3.63) is 71.8 Å². The first-order chi connectivity index (χ1) is 13.4. The normalized spacial score (nSPS) is 23.8. The fourth-order valence-electron chi connectivity index (χ4n) is 4.57. The number of carbonyl (C=O) groups is 1. The molecule has 0 heterocycles. The van der Waals surface area contributed by atoms with Gasteiger partial charge >= 0.3 is 5.97 Å². The summed E-state index contributed by atoms with van der Waals surface area (Å²) in [7, 11) is 1.56. The van der Waals surface area contributed by atoms with Crippen molar-refractivity contribution >= 4 is 5.97 Å². The van der Waals surface area contributed by atoms with E-state index in [-0.39, 0.29) is 23.4 Å². The molecule has 0 spiro atoms. The second-order valence-electron chi connectivity index (χ2n) is 8.61. The zero-order valence-corrected chi connectivity index (χ0v) is 17.4. The van der Waals surface area contributed by atoms with Crippen molar-refractivity contribution in [2.24, 2.45) is 11.8 Å². The van der Waals surface area contributed by atoms with Gasteiger partial charge in [-0.15, -0.1) is 0 Å². The van der Waals surface area contributed by atoms with Crippen molar-refractivity contribution < 1.29 is 14.3 Å². The highest BCUT2D eigenvalue weighted by molar-refractivity contribution is 5.76. The number of benzene rings is 2. The summed E-state index contributed by atoms with van der Waals surface area (Å²) in [5.41, 5.74) is 2.06. The molecule has 0 aliphatic heterocycles.